The number of Topliss-reactive ketones (excluding diaryl/α,β-unsaturated/α-hetero) is 1. The fourth-order valence-electron chi connectivity index (χ4n) is 3.31. The highest BCUT2D eigenvalue weighted by molar-refractivity contribution is 6.16. The van der Waals surface area contributed by atoms with Crippen LogP contribution in [0.15, 0.2) is 53.8 Å². The Balaban J connectivity index is 2.16. The maximum absolute atomic E-state index is 12.8. The Kier molecular flexibility index (Phi) is 5.26. The van der Waals surface area contributed by atoms with E-state index in [9.17, 15) is 14.7 Å². The highest BCUT2D eigenvalue weighted by atomic mass is 16.5. The zero-order valence-corrected chi connectivity index (χ0v) is 16.1. The topological polar surface area (TPSA) is 85.3 Å². The number of amides is 1. The molecule has 2 aromatic carbocycles. The number of anilines is 1. The molecule has 0 spiro atoms. The van der Waals surface area contributed by atoms with E-state index < -0.39 is 17.7 Å². The predicted molar refractivity (Wildman–Crippen MR) is 103 cm³/mol. The van der Waals surface area contributed by atoms with E-state index >= 15 is 0 Å². The van der Waals surface area contributed by atoms with Gasteiger partial charge in [-0.25, -0.2) is 0 Å². The lowest BCUT2D eigenvalue weighted by atomic mass is 9.96. The number of hydrogen-bond acceptors (Lipinski definition) is 6. The van der Waals surface area contributed by atoms with Crippen molar-refractivity contribution < 1.29 is 28.9 Å². The highest BCUT2D eigenvalue weighted by Gasteiger charge is 2.43. The Hall–Kier alpha value is -3.48. The number of aliphatic hydroxyl groups excluding tert-OH is 1. The van der Waals surface area contributed by atoms with Crippen LogP contribution in [0.2, 0.25) is 0 Å². The molecule has 0 fully saturated rings. The molecule has 0 radical (unpaired) electrons. The zero-order valence-electron chi connectivity index (χ0n) is 16.1. The number of hydrogen-bond donors (Lipinski definition) is 1. The van der Waals surface area contributed by atoms with E-state index in [2.05, 4.69) is 0 Å². The van der Waals surface area contributed by atoms with Crippen molar-refractivity contribution in [1.82, 2.24) is 0 Å². The molecule has 1 atom stereocenters. The minimum absolute atomic E-state index is 0.0352. The van der Waals surface area contributed by atoms with Gasteiger partial charge in [-0.2, -0.15) is 0 Å². The molecule has 3 rings (SSSR count). The van der Waals surface area contributed by atoms with Crippen molar-refractivity contribution in [3.63, 3.8) is 0 Å². The average Bonchev–Trinajstić information content (AvgIpc) is 2.98. The van der Waals surface area contributed by atoms with Gasteiger partial charge < -0.3 is 19.3 Å². The maximum atomic E-state index is 12.8. The maximum Gasteiger partial charge on any atom is 0.294 e. The van der Waals surface area contributed by atoms with Crippen LogP contribution >= 0.6 is 0 Å². The smallest absolute Gasteiger partial charge is 0.294 e. The van der Waals surface area contributed by atoms with Gasteiger partial charge in [0.2, 0.25) is 0 Å². The Bertz CT molecular complexity index is 948. The molecule has 2 aromatic rings. The summed E-state index contributed by atoms with van der Waals surface area (Å²) in [6.07, 6.45) is 0. The summed E-state index contributed by atoms with van der Waals surface area (Å²) in [4.78, 5) is 26.5. The lowest BCUT2D eigenvalue weighted by Crippen LogP contribution is -2.30. The van der Waals surface area contributed by atoms with Gasteiger partial charge in [0, 0.05) is 5.69 Å². The first-order chi connectivity index (χ1) is 13.4. The van der Waals surface area contributed by atoms with Crippen LogP contribution in [-0.2, 0) is 9.59 Å². The molecule has 0 unspecified atom stereocenters. The van der Waals surface area contributed by atoms with Crippen LogP contribution in [0, 0.1) is 0 Å². The first-order valence-corrected chi connectivity index (χ1v) is 8.56. The van der Waals surface area contributed by atoms with Crippen LogP contribution in [0.25, 0.3) is 0 Å². The van der Waals surface area contributed by atoms with Crippen molar-refractivity contribution >= 4 is 17.4 Å². The third-order valence-electron chi connectivity index (χ3n) is 4.66. The molecule has 0 saturated heterocycles. The number of methoxy groups -OCH3 is 3. The summed E-state index contributed by atoms with van der Waals surface area (Å²) in [5.41, 5.74) is 1.16. The van der Waals surface area contributed by atoms with Gasteiger partial charge in [-0.05, 0) is 48.9 Å². The van der Waals surface area contributed by atoms with Crippen molar-refractivity contribution in [3.05, 3.63) is 59.4 Å². The van der Waals surface area contributed by atoms with Gasteiger partial charge >= 0.3 is 0 Å². The highest BCUT2D eigenvalue weighted by Crippen LogP contribution is 2.43. The van der Waals surface area contributed by atoms with Crippen LogP contribution < -0.4 is 19.1 Å². The second kappa shape index (κ2) is 7.64. The van der Waals surface area contributed by atoms with Crippen molar-refractivity contribution in [2.24, 2.45) is 0 Å². The SMILES string of the molecule is COc1ccc(N2C(=O)C(O)=C(C(C)=O)[C@H]2c2ccc(OC)c(OC)c2)cc1. The third kappa shape index (κ3) is 3.15. The van der Waals surface area contributed by atoms with Gasteiger partial charge in [-0.3, -0.25) is 14.5 Å². The van der Waals surface area contributed by atoms with Gasteiger partial charge in [0.25, 0.3) is 5.91 Å². The molecule has 7 nitrogen and oxygen atoms in total. The van der Waals surface area contributed by atoms with Crippen LogP contribution in [-0.4, -0.2) is 38.1 Å². The molecule has 146 valence electrons. The first kappa shape index (κ1) is 19.3. The van der Waals surface area contributed by atoms with Crippen molar-refractivity contribution in [1.29, 1.82) is 0 Å². The molecule has 0 aliphatic carbocycles. The summed E-state index contributed by atoms with van der Waals surface area (Å²) < 4.78 is 15.8. The van der Waals surface area contributed by atoms with Gasteiger partial charge in [-0.1, -0.05) is 6.07 Å². The van der Waals surface area contributed by atoms with E-state index in [1.165, 1.54) is 26.0 Å². The van der Waals surface area contributed by atoms with Crippen LogP contribution in [0.1, 0.15) is 18.5 Å². The van der Waals surface area contributed by atoms with E-state index in [0.29, 0.717) is 28.5 Å². The Labute approximate surface area is 162 Å². The molecule has 0 saturated carbocycles. The van der Waals surface area contributed by atoms with Gasteiger partial charge in [0.1, 0.15) is 5.75 Å². The summed E-state index contributed by atoms with van der Waals surface area (Å²) in [5.74, 6) is 0.0162. The van der Waals surface area contributed by atoms with Gasteiger partial charge in [0.05, 0.1) is 32.9 Å². The first-order valence-electron chi connectivity index (χ1n) is 8.56. The van der Waals surface area contributed by atoms with Crippen molar-refractivity contribution in [3.8, 4) is 17.2 Å². The molecular formula is C21H21NO6. The summed E-state index contributed by atoms with van der Waals surface area (Å²) in [5, 5.41) is 10.4. The number of ether oxygens (including phenoxy) is 3. The molecule has 1 amide bonds. The fourth-order valence-corrected chi connectivity index (χ4v) is 3.31. The second-order valence-corrected chi connectivity index (χ2v) is 6.21. The summed E-state index contributed by atoms with van der Waals surface area (Å²) in [6.45, 7) is 1.32. The van der Waals surface area contributed by atoms with Crippen LogP contribution in [0.4, 0.5) is 5.69 Å². The van der Waals surface area contributed by atoms with E-state index in [4.69, 9.17) is 14.2 Å². The summed E-state index contributed by atoms with van der Waals surface area (Å²) in [7, 11) is 4.57. The number of carbonyl (C=O) groups excluding carboxylic acids is 2. The van der Waals surface area contributed by atoms with Crippen molar-refractivity contribution in [2.75, 3.05) is 26.2 Å². The zero-order chi connectivity index (χ0) is 20.4. The summed E-state index contributed by atoms with van der Waals surface area (Å²) >= 11 is 0. The molecule has 0 aromatic heterocycles. The Morgan fingerprint density at radius 1 is 0.964 bits per heavy atom. The lowest BCUT2D eigenvalue weighted by molar-refractivity contribution is -0.117. The predicted octanol–water partition coefficient (Wildman–Crippen LogP) is 3.20. The van der Waals surface area contributed by atoms with Crippen molar-refractivity contribution in [2.45, 2.75) is 13.0 Å². The minimum atomic E-state index is -0.793. The van der Waals surface area contributed by atoms with E-state index in [1.807, 2.05) is 0 Å². The molecular weight excluding hydrogens is 362 g/mol. The number of rotatable bonds is 6. The standard InChI is InChI=1S/C21H21NO6/c1-12(23)18-19(13-5-10-16(27-3)17(11-13)28-4)22(21(25)20(18)24)14-6-8-15(26-2)9-7-14/h5-11,19,24H,1-4H3/t19-/m1/s1. The quantitative estimate of drug-likeness (QED) is 0.825. The molecule has 1 heterocycles. The fraction of sp³-hybridized carbons (Fsp3) is 0.238. The van der Waals surface area contributed by atoms with Crippen LogP contribution in [0.5, 0.6) is 17.2 Å². The lowest BCUT2D eigenvalue weighted by Gasteiger charge is -2.27. The molecule has 1 aliphatic heterocycles. The average molecular weight is 383 g/mol. The summed E-state index contributed by atoms with van der Waals surface area (Å²) in [6, 6.07) is 11.1. The minimum Gasteiger partial charge on any atom is -0.503 e. The largest absolute Gasteiger partial charge is 0.503 e. The molecule has 0 bridgehead atoms. The normalized spacial score (nSPS) is 16.4. The van der Waals surface area contributed by atoms with E-state index in [0.717, 1.165) is 0 Å². The number of benzene rings is 2. The number of aliphatic hydroxyl groups is 1. The molecule has 1 N–H and O–H groups in total. The third-order valence-corrected chi connectivity index (χ3v) is 4.66. The number of carbonyl (C=O) groups is 2. The molecule has 1 aliphatic rings. The van der Waals surface area contributed by atoms with Gasteiger partial charge in [0.15, 0.2) is 23.0 Å². The van der Waals surface area contributed by atoms with E-state index in [1.54, 1.807) is 49.6 Å². The molecule has 28 heavy (non-hydrogen) atoms. The Morgan fingerprint density at radius 3 is 2.14 bits per heavy atom. The van der Waals surface area contributed by atoms with Crippen LogP contribution in [0.3, 0.4) is 0 Å². The second-order valence-electron chi connectivity index (χ2n) is 6.21. The van der Waals surface area contributed by atoms with E-state index in [-0.39, 0.29) is 11.4 Å². The Morgan fingerprint density at radius 2 is 1.61 bits per heavy atom. The van der Waals surface area contributed by atoms with Gasteiger partial charge in [-0.15, -0.1) is 0 Å². The molecule has 7 heteroatoms. The monoisotopic (exact) mass is 383 g/mol. The number of ketones is 1. The number of nitrogens with zero attached hydrogens (tertiary/aromatic N) is 1.